The summed E-state index contributed by atoms with van der Waals surface area (Å²) in [4.78, 5) is 25.1. The molecule has 32 heavy (non-hydrogen) atoms. The van der Waals surface area contributed by atoms with Gasteiger partial charge in [-0.2, -0.15) is 0 Å². The molecule has 0 aromatic carbocycles. The summed E-state index contributed by atoms with van der Waals surface area (Å²) in [7, 11) is -3.39. The van der Waals surface area contributed by atoms with E-state index in [1.165, 1.54) is 14.2 Å². The van der Waals surface area contributed by atoms with Crippen LogP contribution in [-0.2, 0) is 37.1 Å². The minimum absolute atomic E-state index is 0.0237. The van der Waals surface area contributed by atoms with Crippen LogP contribution in [0.25, 0.3) is 0 Å². The highest BCUT2D eigenvalue weighted by Gasteiger charge is 2.43. The van der Waals surface area contributed by atoms with Gasteiger partial charge in [-0.3, -0.25) is 9.36 Å². The zero-order valence-corrected chi connectivity index (χ0v) is 23.4. The molecule has 0 unspecified atom stereocenters. The first kappa shape index (κ1) is 31.3. The monoisotopic (exact) mass is 496 g/mol. The predicted molar refractivity (Wildman–Crippen MR) is 128 cm³/mol. The van der Waals surface area contributed by atoms with Crippen LogP contribution in [-0.4, -0.2) is 60.0 Å². The molecule has 0 aliphatic rings. The molecule has 0 fully saturated rings. The van der Waals surface area contributed by atoms with Crippen LogP contribution in [0.4, 0.5) is 0 Å². The summed E-state index contributed by atoms with van der Waals surface area (Å²) in [6.07, 6.45) is 2.02. The van der Waals surface area contributed by atoms with Gasteiger partial charge in [-0.1, -0.05) is 47.5 Å². The summed E-state index contributed by atoms with van der Waals surface area (Å²) in [5.41, 5.74) is 0. The number of methoxy groups -OCH3 is 2. The molecule has 8 nitrogen and oxygen atoms in total. The maximum atomic E-state index is 13.5. The first-order chi connectivity index (χ1) is 14.8. The Morgan fingerprint density at radius 3 is 1.75 bits per heavy atom. The Balaban J connectivity index is 5.77. The molecule has 0 saturated heterocycles. The fourth-order valence-corrected chi connectivity index (χ4v) is 5.83. The average molecular weight is 497 g/mol. The Kier molecular flexibility index (Phi) is 14.2. The van der Waals surface area contributed by atoms with E-state index >= 15 is 0 Å². The molecule has 0 bridgehead atoms. The van der Waals surface area contributed by atoms with Gasteiger partial charge in [-0.25, -0.2) is 4.79 Å². The molecule has 0 radical (unpaired) electrons. The van der Waals surface area contributed by atoms with Crippen LogP contribution in [0.3, 0.4) is 0 Å². The van der Waals surface area contributed by atoms with Gasteiger partial charge in [-0.05, 0) is 37.4 Å². The lowest BCUT2D eigenvalue weighted by molar-refractivity contribution is -0.152. The van der Waals surface area contributed by atoms with E-state index in [1.807, 2.05) is 26.9 Å². The molecule has 0 amide bonds. The molecule has 2 atom stereocenters. The molecule has 0 heterocycles. The summed E-state index contributed by atoms with van der Waals surface area (Å²) in [6, 6.07) is 0. The zero-order valence-electron chi connectivity index (χ0n) is 21.5. The number of carbonyl (C=O) groups is 2. The molecule has 10 heteroatoms. The van der Waals surface area contributed by atoms with Crippen LogP contribution < -0.4 is 0 Å². The van der Waals surface area contributed by atoms with E-state index in [-0.39, 0.29) is 30.8 Å². The van der Waals surface area contributed by atoms with Crippen LogP contribution >= 0.6 is 7.60 Å². The molecule has 0 aromatic heterocycles. The first-order valence-electron chi connectivity index (χ1n) is 11.5. The van der Waals surface area contributed by atoms with Crippen LogP contribution in [0.2, 0.25) is 18.1 Å². The standard InChI is InChI=1S/C22H45O8PSi/c1-10-12-14-28-31(25,29-15-13-11-2)17-18(20(23)26-6)16-19(21(24)27-7)30-32(8,9)22(3,4)5/h18-19H,10-17H2,1-9H3/t18-,19+/m1/s1. The van der Waals surface area contributed by atoms with Crippen LogP contribution in [0.1, 0.15) is 66.7 Å². The van der Waals surface area contributed by atoms with Crippen molar-refractivity contribution in [2.45, 2.75) is 91.0 Å². The zero-order chi connectivity index (χ0) is 25.0. The largest absolute Gasteiger partial charge is 0.469 e. The molecule has 0 spiro atoms. The fraction of sp³-hybridized carbons (Fsp3) is 0.909. The molecule has 0 rings (SSSR count). The van der Waals surface area contributed by atoms with Crippen molar-refractivity contribution in [2.24, 2.45) is 5.92 Å². The Labute approximate surface area is 195 Å². The summed E-state index contributed by atoms with van der Waals surface area (Å²) < 4.78 is 40.9. The summed E-state index contributed by atoms with van der Waals surface area (Å²) in [5.74, 6) is -2.06. The molecule has 0 aliphatic heterocycles. The maximum Gasteiger partial charge on any atom is 0.333 e. The third-order valence-corrected chi connectivity index (χ3v) is 12.3. The maximum absolute atomic E-state index is 13.5. The number of rotatable bonds is 16. The van der Waals surface area contributed by atoms with Crippen LogP contribution in [0.5, 0.6) is 0 Å². The van der Waals surface area contributed by atoms with Crippen molar-refractivity contribution in [3.05, 3.63) is 0 Å². The van der Waals surface area contributed by atoms with E-state index in [4.69, 9.17) is 22.9 Å². The average Bonchev–Trinajstić information content (AvgIpc) is 2.70. The van der Waals surface area contributed by atoms with Gasteiger partial charge in [0.2, 0.25) is 0 Å². The second kappa shape index (κ2) is 14.5. The van der Waals surface area contributed by atoms with Gasteiger partial charge in [0.1, 0.15) is 6.10 Å². The van der Waals surface area contributed by atoms with Crippen molar-refractivity contribution >= 4 is 27.9 Å². The van der Waals surface area contributed by atoms with Crippen LogP contribution in [0.15, 0.2) is 0 Å². The van der Waals surface area contributed by atoms with Crippen molar-refractivity contribution in [1.82, 2.24) is 0 Å². The highest BCUT2D eigenvalue weighted by atomic mass is 31.2. The Bertz CT molecular complexity index is 604. The number of ether oxygens (including phenoxy) is 2. The number of unbranched alkanes of at least 4 members (excludes halogenated alkanes) is 2. The highest BCUT2D eigenvalue weighted by Crippen LogP contribution is 2.51. The molecular weight excluding hydrogens is 451 g/mol. The lowest BCUT2D eigenvalue weighted by Gasteiger charge is -2.39. The summed E-state index contributed by atoms with van der Waals surface area (Å²) in [5, 5.41) is -0.151. The molecule has 190 valence electrons. The second-order valence-corrected chi connectivity index (χ2v) is 16.4. The van der Waals surface area contributed by atoms with Crippen molar-refractivity contribution < 1.29 is 37.1 Å². The quantitative estimate of drug-likeness (QED) is 0.119. The minimum Gasteiger partial charge on any atom is -0.469 e. The van der Waals surface area contributed by atoms with Crippen molar-refractivity contribution in [3.63, 3.8) is 0 Å². The summed E-state index contributed by atoms with van der Waals surface area (Å²) >= 11 is 0. The Morgan fingerprint density at radius 1 is 0.906 bits per heavy atom. The molecule has 0 aromatic rings. The van der Waals surface area contributed by atoms with Gasteiger partial charge in [0.25, 0.3) is 0 Å². The number of hydrogen-bond acceptors (Lipinski definition) is 8. The lowest BCUT2D eigenvalue weighted by Crippen LogP contribution is -2.47. The Hall–Kier alpha value is -0.733. The smallest absolute Gasteiger partial charge is 0.333 e. The van der Waals surface area contributed by atoms with Gasteiger partial charge >= 0.3 is 19.5 Å². The van der Waals surface area contributed by atoms with Crippen molar-refractivity contribution in [2.75, 3.05) is 33.6 Å². The number of hydrogen-bond donors (Lipinski definition) is 0. The van der Waals surface area contributed by atoms with E-state index in [9.17, 15) is 14.2 Å². The topological polar surface area (TPSA) is 97.4 Å². The molecule has 0 aliphatic carbocycles. The number of carbonyl (C=O) groups excluding carboxylic acids is 2. The van der Waals surface area contributed by atoms with E-state index in [0.29, 0.717) is 0 Å². The third kappa shape index (κ3) is 10.9. The third-order valence-electron chi connectivity index (χ3n) is 5.76. The lowest BCUT2D eigenvalue weighted by atomic mass is 10.0. The Morgan fingerprint density at radius 2 is 1.38 bits per heavy atom. The van der Waals surface area contributed by atoms with Gasteiger partial charge in [0.15, 0.2) is 8.32 Å². The van der Waals surface area contributed by atoms with Crippen molar-refractivity contribution in [3.8, 4) is 0 Å². The first-order valence-corrected chi connectivity index (χ1v) is 16.1. The predicted octanol–water partition coefficient (Wildman–Crippen LogP) is 5.56. The van der Waals surface area contributed by atoms with E-state index in [0.717, 1.165) is 25.7 Å². The van der Waals surface area contributed by atoms with E-state index in [1.54, 1.807) is 0 Å². The van der Waals surface area contributed by atoms with Gasteiger partial charge < -0.3 is 22.9 Å². The SMILES string of the molecule is CCCCOP(=O)(C[C@@H](C[C@H](O[Si](C)(C)C(C)(C)C)C(=O)OC)C(=O)OC)OCCCC. The highest BCUT2D eigenvalue weighted by molar-refractivity contribution is 7.53. The normalized spacial score (nSPS) is 14.7. The van der Waals surface area contributed by atoms with Gasteiger partial charge in [-0.15, -0.1) is 0 Å². The van der Waals surface area contributed by atoms with Gasteiger partial charge in [0, 0.05) is 0 Å². The molecule has 0 saturated carbocycles. The summed E-state index contributed by atoms with van der Waals surface area (Å²) in [6.45, 7) is 14.8. The molecule has 0 N–H and O–H groups in total. The van der Waals surface area contributed by atoms with E-state index in [2.05, 4.69) is 20.8 Å². The molecular formula is C22H45O8PSi. The number of esters is 2. The fourth-order valence-electron chi connectivity index (χ4n) is 2.64. The van der Waals surface area contributed by atoms with Crippen molar-refractivity contribution in [1.29, 1.82) is 0 Å². The van der Waals surface area contributed by atoms with E-state index < -0.39 is 39.9 Å². The van der Waals surface area contributed by atoms with Crippen LogP contribution in [0, 0.1) is 5.92 Å². The second-order valence-electron chi connectivity index (χ2n) is 9.51. The minimum atomic E-state index is -3.58. The van der Waals surface area contributed by atoms with Gasteiger partial charge in [0.05, 0.1) is 39.5 Å².